The molecule has 0 aliphatic carbocycles. The molecule has 1 aromatic carbocycles. The highest BCUT2D eigenvalue weighted by Gasteiger charge is 2.23. The van der Waals surface area contributed by atoms with Crippen LogP contribution in [0.25, 0.3) is 11.3 Å². The maximum Gasteiger partial charge on any atom is 0.223 e. The molecular formula is C19H25N3O2. The zero-order valence-electron chi connectivity index (χ0n) is 14.2. The summed E-state index contributed by atoms with van der Waals surface area (Å²) < 4.78 is 5.47. The van der Waals surface area contributed by atoms with E-state index in [4.69, 9.17) is 4.52 Å². The molecule has 0 radical (unpaired) electrons. The molecule has 0 saturated carbocycles. The summed E-state index contributed by atoms with van der Waals surface area (Å²) in [6.45, 7) is 5.38. The van der Waals surface area contributed by atoms with E-state index in [2.05, 4.69) is 15.4 Å². The molecule has 128 valence electrons. The molecule has 1 atom stereocenters. The van der Waals surface area contributed by atoms with Crippen LogP contribution in [0.5, 0.6) is 0 Å². The molecule has 1 amide bonds. The molecule has 5 nitrogen and oxygen atoms in total. The lowest BCUT2D eigenvalue weighted by Gasteiger charge is -2.18. The summed E-state index contributed by atoms with van der Waals surface area (Å²) in [6, 6.07) is 12.0. The second-order valence-electron chi connectivity index (χ2n) is 6.35. The quantitative estimate of drug-likeness (QED) is 0.917. The zero-order chi connectivity index (χ0) is 16.8. The van der Waals surface area contributed by atoms with Crippen molar-refractivity contribution in [1.29, 1.82) is 0 Å². The van der Waals surface area contributed by atoms with Crippen molar-refractivity contribution in [3.8, 4) is 11.3 Å². The first-order chi connectivity index (χ1) is 11.8. The van der Waals surface area contributed by atoms with Crippen molar-refractivity contribution in [2.75, 3.05) is 19.6 Å². The van der Waals surface area contributed by atoms with Crippen molar-refractivity contribution in [2.45, 2.75) is 32.7 Å². The number of benzene rings is 1. The molecule has 1 N–H and O–H groups in total. The average Bonchev–Trinajstić information content (AvgIpc) is 2.94. The summed E-state index contributed by atoms with van der Waals surface area (Å²) >= 11 is 0. The molecule has 5 heteroatoms. The van der Waals surface area contributed by atoms with Crippen molar-refractivity contribution in [3.05, 3.63) is 42.1 Å². The van der Waals surface area contributed by atoms with Crippen LogP contribution in [-0.4, -0.2) is 35.6 Å². The van der Waals surface area contributed by atoms with E-state index in [-0.39, 0.29) is 11.8 Å². The topological polar surface area (TPSA) is 58.4 Å². The normalized spacial score (nSPS) is 19.0. The second-order valence-corrected chi connectivity index (χ2v) is 6.35. The molecule has 24 heavy (non-hydrogen) atoms. The van der Waals surface area contributed by atoms with Crippen molar-refractivity contribution in [3.63, 3.8) is 0 Å². The standard InChI is InChI=1S/C19H25N3O2/c1-2-20-19(23)16-9-6-11-22(12-10-16)14-17-13-18(24-21-17)15-7-4-3-5-8-15/h3-5,7-8,13,16H,2,6,9-12,14H2,1H3,(H,20,23). The molecule has 0 bridgehead atoms. The Labute approximate surface area is 143 Å². The summed E-state index contributed by atoms with van der Waals surface area (Å²) in [4.78, 5) is 14.4. The van der Waals surface area contributed by atoms with Gasteiger partial charge in [-0.05, 0) is 39.3 Å². The third-order valence-electron chi connectivity index (χ3n) is 4.55. The molecule has 1 saturated heterocycles. The highest BCUT2D eigenvalue weighted by atomic mass is 16.5. The first-order valence-electron chi connectivity index (χ1n) is 8.77. The molecule has 1 aliphatic heterocycles. The number of rotatable bonds is 5. The van der Waals surface area contributed by atoms with E-state index in [1.54, 1.807) is 0 Å². The number of amides is 1. The minimum absolute atomic E-state index is 0.145. The van der Waals surface area contributed by atoms with Crippen molar-refractivity contribution >= 4 is 5.91 Å². The lowest BCUT2D eigenvalue weighted by Crippen LogP contribution is -2.31. The Balaban J connectivity index is 1.57. The molecule has 2 aromatic rings. The van der Waals surface area contributed by atoms with E-state index in [1.165, 1.54) is 0 Å². The van der Waals surface area contributed by atoms with Crippen LogP contribution in [0.3, 0.4) is 0 Å². The molecule has 1 fully saturated rings. The van der Waals surface area contributed by atoms with Crippen LogP contribution in [0.15, 0.2) is 40.9 Å². The SMILES string of the molecule is CCNC(=O)C1CCCN(Cc2cc(-c3ccccc3)on2)CC1. The fraction of sp³-hybridized carbons (Fsp3) is 0.474. The molecule has 1 aliphatic rings. The van der Waals surface area contributed by atoms with Crippen LogP contribution < -0.4 is 5.32 Å². The molecule has 1 unspecified atom stereocenters. The minimum atomic E-state index is 0.145. The Morgan fingerprint density at radius 3 is 2.92 bits per heavy atom. The summed E-state index contributed by atoms with van der Waals surface area (Å²) in [5, 5.41) is 7.15. The van der Waals surface area contributed by atoms with Crippen LogP contribution in [0.4, 0.5) is 0 Å². The Morgan fingerprint density at radius 1 is 1.29 bits per heavy atom. The van der Waals surface area contributed by atoms with Gasteiger partial charge in [-0.1, -0.05) is 35.5 Å². The number of carbonyl (C=O) groups is 1. The van der Waals surface area contributed by atoms with Crippen LogP contribution >= 0.6 is 0 Å². The minimum Gasteiger partial charge on any atom is -0.356 e. The van der Waals surface area contributed by atoms with Crippen LogP contribution in [-0.2, 0) is 11.3 Å². The van der Waals surface area contributed by atoms with E-state index in [0.717, 1.165) is 55.9 Å². The van der Waals surface area contributed by atoms with Gasteiger partial charge >= 0.3 is 0 Å². The molecule has 0 spiro atoms. The number of carbonyl (C=O) groups excluding carboxylic acids is 1. The van der Waals surface area contributed by atoms with Gasteiger partial charge in [0.1, 0.15) is 0 Å². The van der Waals surface area contributed by atoms with Gasteiger partial charge in [0.2, 0.25) is 5.91 Å². The van der Waals surface area contributed by atoms with E-state index in [9.17, 15) is 4.79 Å². The predicted octanol–water partition coefficient (Wildman–Crippen LogP) is 3.08. The van der Waals surface area contributed by atoms with Crippen LogP contribution in [0.2, 0.25) is 0 Å². The van der Waals surface area contributed by atoms with Crippen molar-refractivity contribution < 1.29 is 9.32 Å². The van der Waals surface area contributed by atoms with Crippen molar-refractivity contribution in [2.24, 2.45) is 5.92 Å². The van der Waals surface area contributed by atoms with Gasteiger partial charge < -0.3 is 9.84 Å². The maximum atomic E-state index is 12.0. The third kappa shape index (κ3) is 4.23. The molecule has 2 heterocycles. The molecular weight excluding hydrogens is 302 g/mol. The van der Waals surface area contributed by atoms with Gasteiger partial charge in [-0.15, -0.1) is 0 Å². The molecule has 3 rings (SSSR count). The Kier molecular flexibility index (Phi) is 5.64. The monoisotopic (exact) mass is 327 g/mol. The summed E-state index contributed by atoms with van der Waals surface area (Å²) in [5.41, 5.74) is 1.99. The lowest BCUT2D eigenvalue weighted by molar-refractivity contribution is -0.125. The van der Waals surface area contributed by atoms with E-state index in [1.807, 2.05) is 43.3 Å². The number of nitrogens with zero attached hydrogens (tertiary/aromatic N) is 2. The smallest absolute Gasteiger partial charge is 0.223 e. The lowest BCUT2D eigenvalue weighted by atomic mass is 10.00. The number of likely N-dealkylation sites (tertiary alicyclic amines) is 1. The predicted molar refractivity (Wildman–Crippen MR) is 93.2 cm³/mol. The zero-order valence-corrected chi connectivity index (χ0v) is 14.2. The van der Waals surface area contributed by atoms with Gasteiger partial charge in [0.05, 0.1) is 5.69 Å². The van der Waals surface area contributed by atoms with E-state index < -0.39 is 0 Å². The summed E-state index contributed by atoms with van der Waals surface area (Å²) in [7, 11) is 0. The Bertz CT molecular complexity index is 654. The number of hydrogen-bond acceptors (Lipinski definition) is 4. The van der Waals surface area contributed by atoms with Gasteiger partial charge in [-0.25, -0.2) is 0 Å². The van der Waals surface area contributed by atoms with Gasteiger partial charge in [-0.3, -0.25) is 9.69 Å². The van der Waals surface area contributed by atoms with Gasteiger partial charge in [0, 0.05) is 30.6 Å². The van der Waals surface area contributed by atoms with Gasteiger partial charge in [0.25, 0.3) is 0 Å². The van der Waals surface area contributed by atoms with Crippen molar-refractivity contribution in [1.82, 2.24) is 15.4 Å². The van der Waals surface area contributed by atoms with Gasteiger partial charge in [0.15, 0.2) is 5.76 Å². The highest BCUT2D eigenvalue weighted by molar-refractivity contribution is 5.78. The summed E-state index contributed by atoms with van der Waals surface area (Å²) in [5.74, 6) is 1.15. The van der Waals surface area contributed by atoms with E-state index in [0.29, 0.717) is 6.54 Å². The third-order valence-corrected chi connectivity index (χ3v) is 4.55. The van der Waals surface area contributed by atoms with E-state index >= 15 is 0 Å². The Hall–Kier alpha value is -2.14. The van der Waals surface area contributed by atoms with Crippen LogP contribution in [0, 0.1) is 5.92 Å². The summed E-state index contributed by atoms with van der Waals surface area (Å²) in [6.07, 6.45) is 2.93. The van der Waals surface area contributed by atoms with Crippen LogP contribution in [0.1, 0.15) is 31.9 Å². The number of hydrogen-bond donors (Lipinski definition) is 1. The molecule has 1 aromatic heterocycles. The second kappa shape index (κ2) is 8.11. The largest absolute Gasteiger partial charge is 0.356 e. The maximum absolute atomic E-state index is 12.0. The average molecular weight is 327 g/mol. The number of aromatic nitrogens is 1. The first-order valence-corrected chi connectivity index (χ1v) is 8.77. The highest BCUT2D eigenvalue weighted by Crippen LogP contribution is 2.22. The number of nitrogens with one attached hydrogen (secondary N) is 1. The van der Waals surface area contributed by atoms with Gasteiger partial charge in [-0.2, -0.15) is 0 Å². The Morgan fingerprint density at radius 2 is 2.12 bits per heavy atom. The fourth-order valence-corrected chi connectivity index (χ4v) is 3.25. The fourth-order valence-electron chi connectivity index (χ4n) is 3.25. The first kappa shape index (κ1) is 16.7.